The Hall–Kier alpha value is -0.570. The van der Waals surface area contributed by atoms with Crippen molar-refractivity contribution in [3.05, 3.63) is 0 Å². The molecule has 1 saturated carbocycles. The Morgan fingerprint density at radius 3 is 2.50 bits per heavy atom. The van der Waals surface area contributed by atoms with E-state index >= 15 is 0 Å². The summed E-state index contributed by atoms with van der Waals surface area (Å²) < 4.78 is 5.61. The molecular weight excluding hydrogens is 180 g/mol. The van der Waals surface area contributed by atoms with Gasteiger partial charge in [-0.05, 0) is 39.0 Å². The molecule has 0 aromatic carbocycles. The summed E-state index contributed by atoms with van der Waals surface area (Å²) in [5, 5.41) is 9.02. The van der Waals surface area contributed by atoms with E-state index in [1.54, 1.807) is 0 Å². The summed E-state index contributed by atoms with van der Waals surface area (Å²) in [6.45, 7) is 4.73. The van der Waals surface area contributed by atoms with E-state index in [0.717, 1.165) is 38.7 Å². The van der Waals surface area contributed by atoms with Crippen LogP contribution in [0.4, 0.5) is 0 Å². The summed E-state index contributed by atoms with van der Waals surface area (Å²) in [5.41, 5.74) is -0.508. The fraction of sp³-hybridized carbons (Fsp3) is 0.909. The predicted molar refractivity (Wildman–Crippen MR) is 54.2 cm³/mol. The van der Waals surface area contributed by atoms with Crippen LogP contribution in [0.15, 0.2) is 0 Å². The number of ether oxygens (including phenoxy) is 1. The van der Waals surface area contributed by atoms with Gasteiger partial charge in [0, 0.05) is 6.61 Å². The molecule has 3 nitrogen and oxygen atoms in total. The fourth-order valence-electron chi connectivity index (χ4n) is 1.89. The van der Waals surface area contributed by atoms with Crippen LogP contribution >= 0.6 is 0 Å². The topological polar surface area (TPSA) is 46.5 Å². The number of carboxylic acids is 1. The van der Waals surface area contributed by atoms with Gasteiger partial charge in [-0.2, -0.15) is 0 Å². The first kappa shape index (κ1) is 11.5. The molecule has 1 aliphatic carbocycles. The maximum Gasteiger partial charge on any atom is 0.309 e. The Balaban J connectivity index is 2.34. The molecule has 0 atom stereocenters. The van der Waals surface area contributed by atoms with Crippen molar-refractivity contribution in [2.45, 2.75) is 52.1 Å². The average Bonchev–Trinajstić information content (AvgIpc) is 2.17. The Bertz CT molecular complexity index is 193. The molecule has 1 N–H and O–H groups in total. The van der Waals surface area contributed by atoms with E-state index in [1.807, 2.05) is 6.92 Å². The molecule has 14 heavy (non-hydrogen) atoms. The first-order valence-corrected chi connectivity index (χ1v) is 5.43. The number of hydrogen-bond donors (Lipinski definition) is 1. The minimum Gasteiger partial charge on any atom is -0.481 e. The molecule has 1 aliphatic rings. The molecule has 0 spiro atoms. The van der Waals surface area contributed by atoms with Crippen molar-refractivity contribution < 1.29 is 14.6 Å². The number of hydrogen-bond acceptors (Lipinski definition) is 2. The van der Waals surface area contributed by atoms with E-state index < -0.39 is 11.4 Å². The van der Waals surface area contributed by atoms with Crippen molar-refractivity contribution in [3.63, 3.8) is 0 Å². The summed E-state index contributed by atoms with van der Waals surface area (Å²) in [7, 11) is 0. The molecular formula is C11H20O3. The van der Waals surface area contributed by atoms with Crippen molar-refractivity contribution in [1.29, 1.82) is 0 Å². The third-order valence-corrected chi connectivity index (χ3v) is 3.11. The van der Waals surface area contributed by atoms with Crippen LogP contribution in [0.2, 0.25) is 0 Å². The van der Waals surface area contributed by atoms with Crippen LogP contribution in [-0.4, -0.2) is 23.8 Å². The molecule has 0 amide bonds. The predicted octanol–water partition coefficient (Wildman–Crippen LogP) is 2.45. The molecule has 0 aromatic heterocycles. The fourth-order valence-corrected chi connectivity index (χ4v) is 1.89. The molecule has 82 valence electrons. The van der Waals surface area contributed by atoms with Crippen molar-refractivity contribution in [1.82, 2.24) is 0 Å². The van der Waals surface area contributed by atoms with Crippen molar-refractivity contribution in [3.8, 4) is 0 Å². The zero-order valence-electron chi connectivity index (χ0n) is 9.08. The molecule has 0 radical (unpaired) electrons. The van der Waals surface area contributed by atoms with Crippen LogP contribution in [0.5, 0.6) is 0 Å². The monoisotopic (exact) mass is 200 g/mol. The molecule has 1 fully saturated rings. The average molecular weight is 200 g/mol. The lowest BCUT2D eigenvalue weighted by Gasteiger charge is -2.33. The lowest BCUT2D eigenvalue weighted by atomic mass is 9.75. The van der Waals surface area contributed by atoms with Gasteiger partial charge in [0.25, 0.3) is 0 Å². The smallest absolute Gasteiger partial charge is 0.309 e. The van der Waals surface area contributed by atoms with Crippen LogP contribution in [-0.2, 0) is 9.53 Å². The maximum atomic E-state index is 11.0. The van der Waals surface area contributed by atoms with Crippen LogP contribution in [0, 0.1) is 5.41 Å². The normalized spacial score (nSPS) is 32.9. The van der Waals surface area contributed by atoms with E-state index in [4.69, 9.17) is 9.84 Å². The number of rotatable bonds is 4. The third kappa shape index (κ3) is 2.71. The highest BCUT2D eigenvalue weighted by atomic mass is 16.5. The standard InChI is InChI=1S/C11H20O3/c1-3-8-14-9-4-6-11(2,7-5-9)10(12)13/h9H,3-8H2,1-2H3,(H,12,13)/t9-,11+. The Morgan fingerprint density at radius 2 is 2.07 bits per heavy atom. The van der Waals surface area contributed by atoms with Gasteiger partial charge in [-0.25, -0.2) is 0 Å². The summed E-state index contributed by atoms with van der Waals surface area (Å²) in [5.74, 6) is -0.661. The van der Waals surface area contributed by atoms with Gasteiger partial charge in [-0.1, -0.05) is 6.92 Å². The van der Waals surface area contributed by atoms with E-state index in [9.17, 15) is 4.79 Å². The summed E-state index contributed by atoms with van der Waals surface area (Å²) in [6.07, 6.45) is 4.61. The molecule has 0 aliphatic heterocycles. The van der Waals surface area contributed by atoms with Gasteiger partial charge in [-0.3, -0.25) is 4.79 Å². The first-order chi connectivity index (χ1) is 6.58. The van der Waals surface area contributed by atoms with Crippen LogP contribution in [0.1, 0.15) is 46.0 Å². The van der Waals surface area contributed by atoms with Gasteiger partial charge in [0.05, 0.1) is 11.5 Å². The van der Waals surface area contributed by atoms with E-state index in [-0.39, 0.29) is 0 Å². The second-order valence-corrected chi connectivity index (χ2v) is 4.44. The molecule has 1 rings (SSSR count). The van der Waals surface area contributed by atoms with Gasteiger partial charge >= 0.3 is 5.97 Å². The van der Waals surface area contributed by atoms with Crippen LogP contribution in [0.3, 0.4) is 0 Å². The molecule has 0 aromatic rings. The van der Waals surface area contributed by atoms with Gasteiger partial charge in [0.15, 0.2) is 0 Å². The number of carboxylic acid groups (broad SMARTS) is 1. The minimum absolute atomic E-state index is 0.294. The second-order valence-electron chi connectivity index (χ2n) is 4.44. The Kier molecular flexibility index (Phi) is 3.93. The number of aliphatic carboxylic acids is 1. The lowest BCUT2D eigenvalue weighted by molar-refractivity contribution is -0.151. The third-order valence-electron chi connectivity index (χ3n) is 3.11. The van der Waals surface area contributed by atoms with E-state index in [0.29, 0.717) is 6.10 Å². The highest BCUT2D eigenvalue weighted by Crippen LogP contribution is 2.37. The maximum absolute atomic E-state index is 11.0. The largest absolute Gasteiger partial charge is 0.481 e. The molecule has 3 heteroatoms. The van der Waals surface area contributed by atoms with Crippen LogP contribution in [0.25, 0.3) is 0 Å². The summed E-state index contributed by atoms with van der Waals surface area (Å²) >= 11 is 0. The molecule has 0 bridgehead atoms. The quantitative estimate of drug-likeness (QED) is 0.758. The van der Waals surface area contributed by atoms with Crippen molar-refractivity contribution in [2.24, 2.45) is 5.41 Å². The molecule has 0 saturated heterocycles. The molecule has 0 heterocycles. The zero-order valence-corrected chi connectivity index (χ0v) is 9.08. The molecule has 0 unspecified atom stereocenters. The van der Waals surface area contributed by atoms with Gasteiger partial charge in [0.1, 0.15) is 0 Å². The zero-order chi connectivity index (χ0) is 10.6. The Labute approximate surface area is 85.5 Å². The Morgan fingerprint density at radius 1 is 1.50 bits per heavy atom. The highest BCUT2D eigenvalue weighted by molar-refractivity contribution is 5.74. The SMILES string of the molecule is CCCO[C@H]1CC[C@@](C)(C(=O)O)CC1. The van der Waals surface area contributed by atoms with Crippen molar-refractivity contribution in [2.75, 3.05) is 6.61 Å². The summed E-state index contributed by atoms with van der Waals surface area (Å²) in [6, 6.07) is 0. The van der Waals surface area contributed by atoms with E-state index in [2.05, 4.69) is 6.92 Å². The summed E-state index contributed by atoms with van der Waals surface area (Å²) in [4.78, 5) is 11.0. The van der Waals surface area contributed by atoms with Crippen LogP contribution < -0.4 is 0 Å². The van der Waals surface area contributed by atoms with Gasteiger partial charge < -0.3 is 9.84 Å². The second kappa shape index (κ2) is 4.78. The number of carbonyl (C=O) groups is 1. The lowest BCUT2D eigenvalue weighted by Crippen LogP contribution is -2.35. The van der Waals surface area contributed by atoms with Gasteiger partial charge in [0.2, 0.25) is 0 Å². The minimum atomic E-state index is -0.661. The van der Waals surface area contributed by atoms with Gasteiger partial charge in [-0.15, -0.1) is 0 Å². The first-order valence-electron chi connectivity index (χ1n) is 5.43. The van der Waals surface area contributed by atoms with Crippen molar-refractivity contribution >= 4 is 5.97 Å². The highest BCUT2D eigenvalue weighted by Gasteiger charge is 2.37. The van der Waals surface area contributed by atoms with E-state index in [1.165, 1.54) is 0 Å².